The third-order valence-electron chi connectivity index (χ3n) is 1.97. The largest absolute Gasteiger partial charge is 0.393 e. The molecule has 0 bridgehead atoms. The summed E-state index contributed by atoms with van der Waals surface area (Å²) < 4.78 is 0. The van der Waals surface area contributed by atoms with E-state index in [4.69, 9.17) is 0 Å². The third-order valence-corrected chi connectivity index (χ3v) is 1.97. The molecule has 0 aliphatic carbocycles. The van der Waals surface area contributed by atoms with E-state index in [-0.39, 0.29) is 17.8 Å². The fraction of sp³-hybridized carbons (Fsp3) is 0.700. The van der Waals surface area contributed by atoms with Crippen LogP contribution in [-0.2, 0) is 4.79 Å². The van der Waals surface area contributed by atoms with Gasteiger partial charge in [0.05, 0.1) is 6.10 Å². The highest BCUT2D eigenvalue weighted by Crippen LogP contribution is 2.09. The summed E-state index contributed by atoms with van der Waals surface area (Å²) in [6.07, 6.45) is 4.41. The minimum atomic E-state index is -0.365. The second-order valence-electron chi connectivity index (χ2n) is 2.99. The second kappa shape index (κ2) is 5.95. The van der Waals surface area contributed by atoms with Crippen molar-refractivity contribution in [3.05, 3.63) is 12.2 Å². The fourth-order valence-electron chi connectivity index (χ4n) is 0.987. The van der Waals surface area contributed by atoms with E-state index in [9.17, 15) is 9.90 Å². The molecule has 0 radical (unpaired) electrons. The van der Waals surface area contributed by atoms with Crippen LogP contribution in [0, 0.1) is 5.92 Å². The average molecular weight is 170 g/mol. The number of aliphatic hydroxyl groups is 1. The number of hydrogen-bond acceptors (Lipinski definition) is 2. The molecule has 2 nitrogen and oxygen atoms in total. The monoisotopic (exact) mass is 170 g/mol. The first-order valence-corrected chi connectivity index (χ1v) is 4.50. The molecule has 0 amide bonds. The fourth-order valence-corrected chi connectivity index (χ4v) is 0.987. The normalized spacial score (nSPS) is 16.3. The van der Waals surface area contributed by atoms with Crippen molar-refractivity contribution in [3.63, 3.8) is 0 Å². The Morgan fingerprint density at radius 2 is 2.08 bits per heavy atom. The van der Waals surface area contributed by atoms with Gasteiger partial charge in [-0.1, -0.05) is 19.9 Å². The van der Waals surface area contributed by atoms with Gasteiger partial charge in [-0.25, -0.2) is 0 Å². The topological polar surface area (TPSA) is 37.3 Å². The SMILES string of the molecule is CCC(=O)/C=C/C(CC)C(C)O. The maximum atomic E-state index is 10.9. The van der Waals surface area contributed by atoms with Crippen molar-refractivity contribution in [3.8, 4) is 0 Å². The van der Waals surface area contributed by atoms with Gasteiger partial charge in [-0.3, -0.25) is 4.79 Å². The lowest BCUT2D eigenvalue weighted by Gasteiger charge is -2.12. The summed E-state index contributed by atoms with van der Waals surface area (Å²) in [6, 6.07) is 0. The highest BCUT2D eigenvalue weighted by molar-refractivity contribution is 5.89. The van der Waals surface area contributed by atoms with Crippen molar-refractivity contribution in [2.24, 2.45) is 5.92 Å². The first-order chi connectivity index (χ1) is 5.61. The number of allylic oxidation sites excluding steroid dienone is 1. The molecular formula is C10H18O2. The van der Waals surface area contributed by atoms with E-state index in [1.54, 1.807) is 19.1 Å². The predicted molar refractivity (Wildman–Crippen MR) is 49.9 cm³/mol. The second-order valence-corrected chi connectivity index (χ2v) is 2.99. The summed E-state index contributed by atoms with van der Waals surface area (Å²) in [6.45, 7) is 5.57. The van der Waals surface area contributed by atoms with Gasteiger partial charge in [0, 0.05) is 12.3 Å². The zero-order chi connectivity index (χ0) is 9.56. The molecule has 12 heavy (non-hydrogen) atoms. The first-order valence-electron chi connectivity index (χ1n) is 4.50. The molecule has 0 heterocycles. The van der Waals surface area contributed by atoms with Crippen LogP contribution in [0.15, 0.2) is 12.2 Å². The van der Waals surface area contributed by atoms with E-state index in [0.717, 1.165) is 6.42 Å². The van der Waals surface area contributed by atoms with Crippen molar-refractivity contribution < 1.29 is 9.90 Å². The number of carbonyl (C=O) groups is 1. The number of carbonyl (C=O) groups excluding carboxylic acids is 1. The molecule has 0 aliphatic heterocycles. The van der Waals surface area contributed by atoms with Crippen molar-refractivity contribution in [1.29, 1.82) is 0 Å². The van der Waals surface area contributed by atoms with Gasteiger partial charge in [0.1, 0.15) is 0 Å². The van der Waals surface area contributed by atoms with E-state index in [1.807, 2.05) is 13.8 Å². The predicted octanol–water partition coefficient (Wildman–Crippen LogP) is 1.93. The van der Waals surface area contributed by atoms with E-state index < -0.39 is 0 Å². The lowest BCUT2D eigenvalue weighted by molar-refractivity contribution is -0.114. The summed E-state index contributed by atoms with van der Waals surface area (Å²) in [7, 11) is 0. The zero-order valence-corrected chi connectivity index (χ0v) is 8.08. The Morgan fingerprint density at radius 3 is 2.42 bits per heavy atom. The van der Waals surface area contributed by atoms with Crippen LogP contribution in [0.5, 0.6) is 0 Å². The molecular weight excluding hydrogens is 152 g/mol. The molecule has 1 N–H and O–H groups in total. The molecule has 2 unspecified atom stereocenters. The van der Waals surface area contributed by atoms with Crippen LogP contribution in [0.3, 0.4) is 0 Å². The van der Waals surface area contributed by atoms with Crippen LogP contribution in [0.1, 0.15) is 33.6 Å². The van der Waals surface area contributed by atoms with E-state index in [1.165, 1.54) is 0 Å². The molecule has 0 rings (SSSR count). The van der Waals surface area contributed by atoms with E-state index in [0.29, 0.717) is 6.42 Å². The van der Waals surface area contributed by atoms with Crippen molar-refractivity contribution in [2.75, 3.05) is 0 Å². The Bertz CT molecular complexity index is 159. The van der Waals surface area contributed by atoms with Crippen LogP contribution in [0.2, 0.25) is 0 Å². The molecule has 2 atom stereocenters. The van der Waals surface area contributed by atoms with Gasteiger partial charge in [0.2, 0.25) is 0 Å². The summed E-state index contributed by atoms with van der Waals surface area (Å²) in [4.78, 5) is 10.9. The highest BCUT2D eigenvalue weighted by Gasteiger charge is 2.08. The molecule has 0 aromatic heterocycles. The van der Waals surface area contributed by atoms with Gasteiger partial charge in [-0.05, 0) is 19.4 Å². The standard InChI is InChI=1S/C10H18O2/c1-4-9(8(3)11)6-7-10(12)5-2/h6-9,11H,4-5H2,1-3H3/b7-6+. The van der Waals surface area contributed by atoms with Crippen LogP contribution in [0.4, 0.5) is 0 Å². The van der Waals surface area contributed by atoms with Gasteiger partial charge in [0.25, 0.3) is 0 Å². The van der Waals surface area contributed by atoms with Gasteiger partial charge >= 0.3 is 0 Å². The number of aliphatic hydroxyl groups excluding tert-OH is 1. The smallest absolute Gasteiger partial charge is 0.155 e. The summed E-state index contributed by atoms with van der Waals surface area (Å²) >= 11 is 0. The Morgan fingerprint density at radius 1 is 1.50 bits per heavy atom. The maximum Gasteiger partial charge on any atom is 0.155 e. The number of hydrogen-bond donors (Lipinski definition) is 1. The first kappa shape index (κ1) is 11.4. The quantitative estimate of drug-likeness (QED) is 0.640. The van der Waals surface area contributed by atoms with Crippen molar-refractivity contribution >= 4 is 5.78 Å². The minimum absolute atomic E-state index is 0.112. The number of ketones is 1. The summed E-state index contributed by atoms with van der Waals surface area (Å²) in [5.41, 5.74) is 0. The van der Waals surface area contributed by atoms with Crippen molar-refractivity contribution in [2.45, 2.75) is 39.7 Å². The van der Waals surface area contributed by atoms with Crippen LogP contribution in [-0.4, -0.2) is 17.0 Å². The summed E-state index contributed by atoms with van der Waals surface area (Å²) in [5, 5.41) is 9.24. The number of rotatable bonds is 5. The van der Waals surface area contributed by atoms with Gasteiger partial charge < -0.3 is 5.11 Å². The Balaban J connectivity index is 4.01. The van der Waals surface area contributed by atoms with Gasteiger partial charge in [-0.2, -0.15) is 0 Å². The third kappa shape index (κ3) is 4.29. The van der Waals surface area contributed by atoms with Crippen LogP contribution >= 0.6 is 0 Å². The minimum Gasteiger partial charge on any atom is -0.393 e. The van der Waals surface area contributed by atoms with Gasteiger partial charge in [0.15, 0.2) is 5.78 Å². The van der Waals surface area contributed by atoms with E-state index in [2.05, 4.69) is 0 Å². The summed E-state index contributed by atoms with van der Waals surface area (Å²) in [5.74, 6) is 0.231. The lowest BCUT2D eigenvalue weighted by atomic mass is 10.00. The molecule has 2 heteroatoms. The molecule has 70 valence electrons. The highest BCUT2D eigenvalue weighted by atomic mass is 16.3. The Labute approximate surface area is 74.3 Å². The maximum absolute atomic E-state index is 10.9. The molecule has 0 saturated heterocycles. The van der Waals surface area contributed by atoms with Gasteiger partial charge in [-0.15, -0.1) is 0 Å². The molecule has 0 spiro atoms. The lowest BCUT2D eigenvalue weighted by Crippen LogP contribution is -2.13. The Hall–Kier alpha value is -0.630. The van der Waals surface area contributed by atoms with Crippen LogP contribution < -0.4 is 0 Å². The zero-order valence-electron chi connectivity index (χ0n) is 8.08. The van der Waals surface area contributed by atoms with Crippen molar-refractivity contribution in [1.82, 2.24) is 0 Å². The van der Waals surface area contributed by atoms with Crippen LogP contribution in [0.25, 0.3) is 0 Å². The average Bonchev–Trinajstić information content (AvgIpc) is 2.04. The molecule has 0 aliphatic rings. The molecule has 0 saturated carbocycles. The molecule has 0 fully saturated rings. The molecule has 0 aromatic rings. The van der Waals surface area contributed by atoms with E-state index >= 15 is 0 Å². The Kier molecular flexibility index (Phi) is 5.64. The molecule has 0 aromatic carbocycles.